The van der Waals surface area contributed by atoms with Crippen molar-refractivity contribution in [3.8, 4) is 0 Å². The predicted octanol–water partition coefficient (Wildman–Crippen LogP) is 5.11. The van der Waals surface area contributed by atoms with E-state index in [2.05, 4.69) is 66.7 Å². The van der Waals surface area contributed by atoms with Crippen LogP contribution >= 0.6 is 11.8 Å². The Morgan fingerprint density at radius 2 is 1.88 bits per heavy atom. The number of nitrogens with one attached hydrogen (secondary N) is 2. The number of allylic oxidation sites excluding steroid dienone is 5. The highest BCUT2D eigenvalue weighted by Gasteiger charge is 2.14. The Kier molecular flexibility index (Phi) is 10.7. The van der Waals surface area contributed by atoms with E-state index in [1.165, 1.54) is 16.5 Å². The normalized spacial score (nSPS) is 15.7. The minimum Gasteiger partial charge on any atom is -0.398 e. The number of carbonyl (C=O) groups is 1. The van der Waals surface area contributed by atoms with E-state index in [9.17, 15) is 4.79 Å². The lowest BCUT2D eigenvalue weighted by atomic mass is 9.95. The lowest BCUT2D eigenvalue weighted by Crippen LogP contribution is -2.18. The smallest absolute Gasteiger partial charge is 0.207 e. The maximum absolute atomic E-state index is 13.1. The maximum Gasteiger partial charge on any atom is 0.207 e. The van der Waals surface area contributed by atoms with E-state index < -0.39 is 0 Å². The molecule has 0 saturated carbocycles. The molecule has 0 saturated heterocycles. The number of hydrogen-bond acceptors (Lipinski definition) is 6. The standard InChI is InChI=1S/C27H38N4OS/c1-7-30-17-21-8-10-23(11-9-21)25(28)16-26(32)27(20(5)29-6)31-19(4)22-12-14-24(15-13-22)33-18(2)3/h8,10,12-16,18,29-30H,7,9,11,17,28H2,1-6H3/b25-16?,27-20-,31-19?. The summed E-state index contributed by atoms with van der Waals surface area (Å²) >= 11 is 1.82. The van der Waals surface area contributed by atoms with E-state index in [0.717, 1.165) is 42.8 Å². The number of likely N-dealkylation sites (N-methyl/N-ethyl adjacent to an activating group) is 1. The van der Waals surface area contributed by atoms with Gasteiger partial charge in [-0.3, -0.25) is 4.79 Å². The second-order valence-corrected chi connectivity index (χ2v) is 10.0. The van der Waals surface area contributed by atoms with Crippen molar-refractivity contribution < 1.29 is 4.79 Å². The van der Waals surface area contributed by atoms with Gasteiger partial charge in [0.2, 0.25) is 5.78 Å². The molecule has 0 fully saturated rings. The molecule has 2 rings (SSSR count). The largest absolute Gasteiger partial charge is 0.398 e. The van der Waals surface area contributed by atoms with Gasteiger partial charge in [0.1, 0.15) is 5.70 Å². The summed E-state index contributed by atoms with van der Waals surface area (Å²) in [4.78, 5) is 19.0. The summed E-state index contributed by atoms with van der Waals surface area (Å²) in [6.45, 7) is 12.1. The summed E-state index contributed by atoms with van der Waals surface area (Å²) < 4.78 is 0. The van der Waals surface area contributed by atoms with Crippen LogP contribution in [0.5, 0.6) is 0 Å². The van der Waals surface area contributed by atoms with Crippen LogP contribution in [0.2, 0.25) is 0 Å². The Hall–Kier alpha value is -2.57. The van der Waals surface area contributed by atoms with Crippen molar-refractivity contribution in [1.29, 1.82) is 0 Å². The van der Waals surface area contributed by atoms with Gasteiger partial charge in [-0.25, -0.2) is 4.99 Å². The SMILES string of the molecule is CCNCC1=CC=C(C(N)=CC(=O)/C(N=C(C)c2ccc(SC(C)C)cc2)=C(\C)NC)CC1. The zero-order valence-electron chi connectivity index (χ0n) is 20.8. The molecule has 0 heterocycles. The Balaban J connectivity index is 2.23. The highest BCUT2D eigenvalue weighted by Crippen LogP contribution is 2.24. The van der Waals surface area contributed by atoms with Crippen molar-refractivity contribution in [3.05, 3.63) is 76.3 Å². The van der Waals surface area contributed by atoms with Gasteiger partial charge in [0.15, 0.2) is 0 Å². The molecule has 0 unspecified atom stereocenters. The molecule has 178 valence electrons. The average molecular weight is 467 g/mol. The van der Waals surface area contributed by atoms with Crippen molar-refractivity contribution in [1.82, 2.24) is 10.6 Å². The molecule has 4 N–H and O–H groups in total. The van der Waals surface area contributed by atoms with E-state index in [-0.39, 0.29) is 5.78 Å². The Labute approximate surface area is 203 Å². The molecule has 0 spiro atoms. The highest BCUT2D eigenvalue weighted by molar-refractivity contribution is 7.99. The maximum atomic E-state index is 13.1. The monoisotopic (exact) mass is 466 g/mol. The first-order chi connectivity index (χ1) is 15.7. The van der Waals surface area contributed by atoms with Crippen molar-refractivity contribution in [2.45, 2.75) is 57.6 Å². The van der Waals surface area contributed by atoms with Crippen molar-refractivity contribution in [2.75, 3.05) is 20.1 Å². The molecule has 6 heteroatoms. The number of carbonyl (C=O) groups excluding carboxylic acids is 1. The van der Waals surface area contributed by atoms with Gasteiger partial charge in [0.25, 0.3) is 0 Å². The van der Waals surface area contributed by atoms with Crippen LogP contribution in [0, 0.1) is 0 Å². The van der Waals surface area contributed by atoms with E-state index in [1.807, 2.05) is 31.7 Å². The van der Waals surface area contributed by atoms with Crippen LogP contribution in [0.25, 0.3) is 0 Å². The first-order valence-electron chi connectivity index (χ1n) is 11.6. The number of rotatable bonds is 11. The van der Waals surface area contributed by atoms with Crippen molar-refractivity contribution in [3.63, 3.8) is 0 Å². The van der Waals surface area contributed by atoms with Gasteiger partial charge >= 0.3 is 0 Å². The fourth-order valence-corrected chi connectivity index (χ4v) is 4.21. The second kappa shape index (κ2) is 13.2. The minimum absolute atomic E-state index is 0.200. The van der Waals surface area contributed by atoms with Gasteiger partial charge in [0, 0.05) is 46.9 Å². The van der Waals surface area contributed by atoms with Crippen LogP contribution in [-0.4, -0.2) is 36.9 Å². The van der Waals surface area contributed by atoms with Gasteiger partial charge in [-0.05, 0) is 56.5 Å². The number of benzene rings is 1. The van der Waals surface area contributed by atoms with Crippen molar-refractivity contribution >= 4 is 23.3 Å². The third kappa shape index (κ3) is 8.37. The predicted molar refractivity (Wildman–Crippen MR) is 143 cm³/mol. The Bertz CT molecular complexity index is 982. The molecule has 1 aliphatic carbocycles. The summed E-state index contributed by atoms with van der Waals surface area (Å²) in [6.07, 6.45) is 7.41. The second-order valence-electron chi connectivity index (χ2n) is 8.37. The molecule has 0 atom stereocenters. The first-order valence-corrected chi connectivity index (χ1v) is 12.4. The summed E-state index contributed by atoms with van der Waals surface area (Å²) in [5.74, 6) is -0.200. The fourth-order valence-electron chi connectivity index (χ4n) is 3.38. The minimum atomic E-state index is -0.200. The fraction of sp³-hybridized carbons (Fsp3) is 0.407. The third-order valence-electron chi connectivity index (χ3n) is 5.38. The number of ketones is 1. The zero-order chi connectivity index (χ0) is 24.4. The quantitative estimate of drug-likeness (QED) is 0.240. The van der Waals surface area contributed by atoms with E-state index in [1.54, 1.807) is 7.05 Å². The molecule has 0 amide bonds. The molecule has 0 aromatic heterocycles. The van der Waals surface area contributed by atoms with Crippen LogP contribution in [0.15, 0.2) is 80.6 Å². The van der Waals surface area contributed by atoms with Gasteiger partial charge in [-0.15, -0.1) is 11.8 Å². The molecular formula is C27H38N4OS. The molecule has 5 nitrogen and oxygen atoms in total. The number of nitrogens with two attached hydrogens (primary N) is 1. The molecular weight excluding hydrogens is 428 g/mol. The lowest BCUT2D eigenvalue weighted by Gasteiger charge is -2.15. The zero-order valence-corrected chi connectivity index (χ0v) is 21.6. The van der Waals surface area contributed by atoms with E-state index in [0.29, 0.717) is 22.3 Å². The van der Waals surface area contributed by atoms with Crippen LogP contribution in [-0.2, 0) is 4.79 Å². The molecule has 1 aromatic rings. The van der Waals surface area contributed by atoms with Crippen LogP contribution in [0.4, 0.5) is 0 Å². The third-order valence-corrected chi connectivity index (χ3v) is 6.40. The first kappa shape index (κ1) is 26.7. The summed E-state index contributed by atoms with van der Waals surface area (Å²) in [5, 5.41) is 6.93. The number of aliphatic imine (C=N–C) groups is 1. The number of nitrogens with zero attached hydrogens (tertiary/aromatic N) is 1. The lowest BCUT2D eigenvalue weighted by molar-refractivity contribution is -0.111. The van der Waals surface area contributed by atoms with Crippen LogP contribution < -0.4 is 16.4 Å². The van der Waals surface area contributed by atoms with Gasteiger partial charge in [-0.2, -0.15) is 0 Å². The molecule has 33 heavy (non-hydrogen) atoms. The average Bonchev–Trinajstić information content (AvgIpc) is 2.80. The van der Waals surface area contributed by atoms with Crippen molar-refractivity contribution in [2.24, 2.45) is 10.7 Å². The van der Waals surface area contributed by atoms with E-state index >= 15 is 0 Å². The van der Waals surface area contributed by atoms with E-state index in [4.69, 9.17) is 5.73 Å². The van der Waals surface area contributed by atoms with Crippen LogP contribution in [0.1, 0.15) is 53.0 Å². The number of hydrogen-bond donors (Lipinski definition) is 3. The molecule has 0 aliphatic heterocycles. The topological polar surface area (TPSA) is 79.5 Å². The van der Waals surface area contributed by atoms with Gasteiger partial charge < -0.3 is 16.4 Å². The molecule has 0 radical (unpaired) electrons. The summed E-state index contributed by atoms with van der Waals surface area (Å²) in [5.41, 5.74) is 12.0. The Morgan fingerprint density at radius 3 is 2.42 bits per heavy atom. The molecule has 1 aromatic carbocycles. The summed E-state index contributed by atoms with van der Waals surface area (Å²) in [6, 6.07) is 8.30. The molecule has 0 bridgehead atoms. The molecule has 1 aliphatic rings. The van der Waals surface area contributed by atoms with Gasteiger partial charge in [0.05, 0.1) is 0 Å². The van der Waals surface area contributed by atoms with Crippen LogP contribution in [0.3, 0.4) is 0 Å². The summed E-state index contributed by atoms with van der Waals surface area (Å²) in [7, 11) is 1.79. The number of thioether (sulfide) groups is 1. The Morgan fingerprint density at radius 1 is 1.18 bits per heavy atom. The van der Waals surface area contributed by atoms with Gasteiger partial charge in [-0.1, -0.05) is 50.6 Å². The highest BCUT2D eigenvalue weighted by atomic mass is 32.2.